The molecule has 0 spiro atoms. The number of hydrogen-bond acceptors (Lipinski definition) is 3. The molecule has 0 atom stereocenters. The predicted molar refractivity (Wildman–Crippen MR) is 73.0 cm³/mol. The quantitative estimate of drug-likeness (QED) is 0.770. The van der Waals surface area contributed by atoms with Crippen LogP contribution >= 0.6 is 0 Å². The first-order valence-corrected chi connectivity index (χ1v) is 5.92. The monoisotopic (exact) mass is 263 g/mol. The van der Waals surface area contributed by atoms with Crippen LogP contribution in [-0.4, -0.2) is 30.2 Å². The Hall–Kier alpha value is -2.14. The molecule has 0 heterocycles. The van der Waals surface area contributed by atoms with E-state index < -0.39 is 5.97 Å². The van der Waals surface area contributed by atoms with Crippen LogP contribution in [0.15, 0.2) is 24.3 Å². The Labute approximate surface area is 111 Å². The van der Waals surface area contributed by atoms with Gasteiger partial charge in [0.25, 0.3) is 0 Å². The number of nitrogens with one attached hydrogen (secondary N) is 1. The summed E-state index contributed by atoms with van der Waals surface area (Å²) in [6.45, 7) is 4.17. The average molecular weight is 263 g/mol. The normalized spacial score (nSPS) is 10.6. The van der Waals surface area contributed by atoms with Crippen LogP contribution in [-0.2, 0) is 14.3 Å². The number of hydrogen-bond donors (Lipinski definition) is 2. The van der Waals surface area contributed by atoms with Gasteiger partial charge in [0.15, 0.2) is 0 Å². The van der Waals surface area contributed by atoms with Gasteiger partial charge in [0.1, 0.15) is 6.61 Å². The van der Waals surface area contributed by atoms with E-state index in [1.165, 1.54) is 6.08 Å². The molecule has 19 heavy (non-hydrogen) atoms. The number of aliphatic carboxylic acids is 1. The number of ether oxygens (including phenoxy) is 1. The Morgan fingerprint density at radius 3 is 2.79 bits per heavy atom. The van der Waals surface area contributed by atoms with Gasteiger partial charge in [-0.05, 0) is 43.2 Å². The smallest absolute Gasteiger partial charge is 0.328 e. The molecule has 0 saturated carbocycles. The first-order valence-electron chi connectivity index (χ1n) is 5.92. The van der Waals surface area contributed by atoms with Crippen molar-refractivity contribution >= 4 is 23.6 Å². The number of carbonyl (C=O) groups is 2. The van der Waals surface area contributed by atoms with Crippen LogP contribution in [0.5, 0.6) is 0 Å². The van der Waals surface area contributed by atoms with Crippen LogP contribution in [0.4, 0.5) is 5.69 Å². The minimum Gasteiger partial charge on any atom is -0.478 e. The van der Waals surface area contributed by atoms with Gasteiger partial charge in [-0.2, -0.15) is 0 Å². The van der Waals surface area contributed by atoms with Gasteiger partial charge in [0.05, 0.1) is 0 Å². The van der Waals surface area contributed by atoms with Crippen LogP contribution in [0.2, 0.25) is 0 Å². The maximum Gasteiger partial charge on any atom is 0.328 e. The predicted octanol–water partition coefficient (Wildman–Crippen LogP) is 2.07. The summed E-state index contributed by atoms with van der Waals surface area (Å²) in [5.41, 5.74) is 2.29. The van der Waals surface area contributed by atoms with Crippen molar-refractivity contribution in [3.8, 4) is 0 Å². The topological polar surface area (TPSA) is 75.6 Å². The Bertz CT molecular complexity index is 494. The molecule has 0 radical (unpaired) electrons. The number of carboxylic acids is 1. The maximum absolute atomic E-state index is 11.5. The third-order valence-electron chi connectivity index (χ3n) is 2.41. The second kappa shape index (κ2) is 7.33. The summed E-state index contributed by atoms with van der Waals surface area (Å²) in [6.07, 6.45) is 2.56. The number of anilines is 1. The van der Waals surface area contributed by atoms with Crippen molar-refractivity contribution in [1.82, 2.24) is 0 Å². The average Bonchev–Trinajstić information content (AvgIpc) is 2.37. The molecule has 1 aromatic carbocycles. The lowest BCUT2D eigenvalue weighted by molar-refractivity contribution is -0.131. The highest BCUT2D eigenvalue weighted by molar-refractivity contribution is 5.92. The lowest BCUT2D eigenvalue weighted by Gasteiger charge is -2.08. The lowest BCUT2D eigenvalue weighted by atomic mass is 10.1. The van der Waals surface area contributed by atoms with Crippen LogP contribution in [0, 0.1) is 6.92 Å². The van der Waals surface area contributed by atoms with E-state index in [0.717, 1.165) is 17.2 Å². The van der Waals surface area contributed by atoms with Gasteiger partial charge in [0, 0.05) is 18.4 Å². The summed E-state index contributed by atoms with van der Waals surface area (Å²) in [5.74, 6) is -1.25. The fraction of sp³-hybridized carbons (Fsp3) is 0.286. The van der Waals surface area contributed by atoms with Crippen molar-refractivity contribution in [3.05, 3.63) is 35.4 Å². The summed E-state index contributed by atoms with van der Waals surface area (Å²) in [4.78, 5) is 22.0. The Balaban J connectivity index is 2.78. The second-order valence-corrected chi connectivity index (χ2v) is 3.93. The molecule has 5 heteroatoms. The molecule has 0 bridgehead atoms. The molecule has 1 aromatic rings. The van der Waals surface area contributed by atoms with Gasteiger partial charge >= 0.3 is 5.97 Å². The SMILES string of the molecule is CCOCC(=O)Nc1ccc(C)c(C=CC(=O)O)c1. The molecule has 0 aromatic heterocycles. The molecule has 0 fully saturated rings. The third-order valence-corrected chi connectivity index (χ3v) is 2.41. The van der Waals surface area contributed by atoms with Crippen LogP contribution < -0.4 is 5.32 Å². The maximum atomic E-state index is 11.5. The number of amides is 1. The third kappa shape index (κ3) is 5.35. The molecule has 0 aliphatic rings. The van der Waals surface area contributed by atoms with Gasteiger partial charge in [-0.25, -0.2) is 4.79 Å². The van der Waals surface area contributed by atoms with Crippen molar-refractivity contribution in [3.63, 3.8) is 0 Å². The first kappa shape index (κ1) is 14.9. The van der Waals surface area contributed by atoms with Gasteiger partial charge in [-0.3, -0.25) is 4.79 Å². The zero-order valence-electron chi connectivity index (χ0n) is 11.0. The van der Waals surface area contributed by atoms with Crippen molar-refractivity contribution in [1.29, 1.82) is 0 Å². The van der Waals surface area contributed by atoms with E-state index in [9.17, 15) is 9.59 Å². The number of carbonyl (C=O) groups excluding carboxylic acids is 1. The lowest BCUT2D eigenvalue weighted by Crippen LogP contribution is -2.18. The molecular formula is C14H17NO4. The van der Waals surface area contributed by atoms with E-state index in [1.54, 1.807) is 12.1 Å². The number of carboxylic acid groups (broad SMARTS) is 1. The molecule has 5 nitrogen and oxygen atoms in total. The van der Waals surface area contributed by atoms with Gasteiger partial charge < -0.3 is 15.2 Å². The standard InChI is InChI=1S/C14H17NO4/c1-3-19-9-13(16)15-12-6-4-10(2)11(8-12)5-7-14(17)18/h4-8H,3,9H2,1-2H3,(H,15,16)(H,17,18). The molecule has 0 saturated heterocycles. The highest BCUT2D eigenvalue weighted by atomic mass is 16.5. The summed E-state index contributed by atoms with van der Waals surface area (Å²) in [7, 11) is 0. The molecule has 1 amide bonds. The zero-order valence-corrected chi connectivity index (χ0v) is 11.0. The van der Waals surface area contributed by atoms with E-state index in [4.69, 9.17) is 9.84 Å². The van der Waals surface area contributed by atoms with Crippen molar-refractivity contribution in [2.45, 2.75) is 13.8 Å². The molecule has 2 N–H and O–H groups in total. The Morgan fingerprint density at radius 1 is 1.42 bits per heavy atom. The second-order valence-electron chi connectivity index (χ2n) is 3.93. The van der Waals surface area contributed by atoms with Crippen LogP contribution in [0.1, 0.15) is 18.1 Å². The summed E-state index contributed by atoms with van der Waals surface area (Å²) >= 11 is 0. The largest absolute Gasteiger partial charge is 0.478 e. The van der Waals surface area contributed by atoms with E-state index in [2.05, 4.69) is 5.32 Å². The minimum atomic E-state index is -1.01. The van der Waals surface area contributed by atoms with E-state index in [0.29, 0.717) is 12.3 Å². The highest BCUT2D eigenvalue weighted by Crippen LogP contribution is 2.16. The van der Waals surface area contributed by atoms with E-state index in [-0.39, 0.29) is 12.5 Å². The number of rotatable bonds is 6. The summed E-state index contributed by atoms with van der Waals surface area (Å²) < 4.78 is 5.00. The first-order chi connectivity index (χ1) is 9.02. The van der Waals surface area contributed by atoms with Gasteiger partial charge in [-0.15, -0.1) is 0 Å². The van der Waals surface area contributed by atoms with E-state index >= 15 is 0 Å². The highest BCUT2D eigenvalue weighted by Gasteiger charge is 2.03. The van der Waals surface area contributed by atoms with Crippen LogP contribution in [0.3, 0.4) is 0 Å². The van der Waals surface area contributed by atoms with Crippen molar-refractivity contribution in [2.75, 3.05) is 18.5 Å². The van der Waals surface area contributed by atoms with Crippen molar-refractivity contribution < 1.29 is 19.4 Å². The van der Waals surface area contributed by atoms with Gasteiger partial charge in [0.2, 0.25) is 5.91 Å². The molecule has 0 aliphatic carbocycles. The Kier molecular flexibility index (Phi) is 5.75. The molecular weight excluding hydrogens is 246 g/mol. The minimum absolute atomic E-state index is 0.00464. The number of benzene rings is 1. The molecule has 0 unspecified atom stereocenters. The van der Waals surface area contributed by atoms with E-state index in [1.807, 2.05) is 19.9 Å². The summed E-state index contributed by atoms with van der Waals surface area (Å²) in [6, 6.07) is 5.30. The number of aryl methyl sites for hydroxylation is 1. The Morgan fingerprint density at radius 2 is 2.16 bits per heavy atom. The van der Waals surface area contributed by atoms with Crippen molar-refractivity contribution in [2.24, 2.45) is 0 Å². The fourth-order valence-corrected chi connectivity index (χ4v) is 1.45. The molecule has 0 aliphatic heterocycles. The fourth-order valence-electron chi connectivity index (χ4n) is 1.45. The summed E-state index contributed by atoms with van der Waals surface area (Å²) in [5, 5.41) is 11.3. The zero-order chi connectivity index (χ0) is 14.3. The van der Waals surface area contributed by atoms with Crippen LogP contribution in [0.25, 0.3) is 6.08 Å². The molecule has 1 rings (SSSR count). The van der Waals surface area contributed by atoms with Gasteiger partial charge in [-0.1, -0.05) is 6.07 Å². The molecule has 102 valence electrons.